The number of anilines is 2. The highest BCUT2D eigenvalue weighted by atomic mass is 32.2. The van der Waals surface area contributed by atoms with Gasteiger partial charge in [0, 0.05) is 20.1 Å². The molecular weight excluding hydrogens is 332 g/mol. The molecule has 10 nitrogen and oxygen atoms in total. The fourth-order valence-corrected chi connectivity index (χ4v) is 2.20. The van der Waals surface area contributed by atoms with Gasteiger partial charge in [-0.3, -0.25) is 4.79 Å². The first-order valence-electron chi connectivity index (χ1n) is 7.20. The van der Waals surface area contributed by atoms with Crippen LogP contribution >= 0.6 is 11.8 Å². The minimum atomic E-state index is -0.338. The van der Waals surface area contributed by atoms with Crippen LogP contribution in [0.25, 0.3) is 5.95 Å². The minimum Gasteiger partial charge on any atom is -0.468 e. The van der Waals surface area contributed by atoms with E-state index in [4.69, 9.17) is 0 Å². The van der Waals surface area contributed by atoms with Crippen LogP contribution < -0.4 is 10.2 Å². The highest BCUT2D eigenvalue weighted by molar-refractivity contribution is 7.99. The van der Waals surface area contributed by atoms with Crippen LogP contribution in [0.1, 0.15) is 13.8 Å². The number of hydrogen-bond acceptors (Lipinski definition) is 10. The van der Waals surface area contributed by atoms with Gasteiger partial charge in [0.25, 0.3) is 5.95 Å². The molecule has 0 radical (unpaired) electrons. The van der Waals surface area contributed by atoms with Gasteiger partial charge in [0.05, 0.1) is 12.9 Å². The van der Waals surface area contributed by atoms with Crippen LogP contribution in [-0.4, -0.2) is 68.7 Å². The fraction of sp³-hybridized carbons (Fsp3) is 0.538. The second-order valence-corrected chi connectivity index (χ2v) is 6.23. The van der Waals surface area contributed by atoms with E-state index in [0.29, 0.717) is 23.0 Å². The minimum absolute atomic E-state index is 0.140. The van der Waals surface area contributed by atoms with E-state index in [1.807, 2.05) is 27.9 Å². The van der Waals surface area contributed by atoms with Gasteiger partial charge in [-0.15, -0.1) is 5.10 Å². The molecule has 0 fully saturated rings. The van der Waals surface area contributed by atoms with Crippen molar-refractivity contribution >= 4 is 29.6 Å². The highest BCUT2D eigenvalue weighted by Crippen LogP contribution is 2.15. The molecule has 0 aliphatic carbocycles. The van der Waals surface area contributed by atoms with Crippen LogP contribution in [0.5, 0.6) is 0 Å². The van der Waals surface area contributed by atoms with Crippen LogP contribution in [0, 0.1) is 0 Å². The Hall–Kier alpha value is -2.43. The van der Waals surface area contributed by atoms with E-state index in [0.717, 1.165) is 0 Å². The summed E-state index contributed by atoms with van der Waals surface area (Å²) in [5, 5.41) is 7.85. The molecule has 0 aliphatic rings. The van der Waals surface area contributed by atoms with Gasteiger partial charge in [0.2, 0.25) is 17.1 Å². The maximum absolute atomic E-state index is 11.2. The number of nitrogens with zero attached hydrogens (tertiary/aromatic N) is 7. The molecule has 0 atom stereocenters. The average Bonchev–Trinajstić information content (AvgIpc) is 3.00. The number of ether oxygens (including phenoxy) is 1. The zero-order chi connectivity index (χ0) is 17.7. The summed E-state index contributed by atoms with van der Waals surface area (Å²) in [6, 6.07) is 0.178. The number of esters is 1. The number of thioether (sulfide) groups is 1. The van der Waals surface area contributed by atoms with Crippen LogP contribution in [-0.2, 0) is 9.53 Å². The molecule has 0 saturated carbocycles. The summed E-state index contributed by atoms with van der Waals surface area (Å²) in [6.45, 7) is 3.99. The number of methoxy groups -OCH3 is 1. The summed E-state index contributed by atoms with van der Waals surface area (Å²) in [5.41, 5.74) is 0. The Morgan fingerprint density at radius 3 is 2.75 bits per heavy atom. The van der Waals surface area contributed by atoms with E-state index < -0.39 is 0 Å². The van der Waals surface area contributed by atoms with Gasteiger partial charge in [-0.05, 0) is 13.8 Å². The van der Waals surface area contributed by atoms with Gasteiger partial charge in [0.15, 0.2) is 0 Å². The molecule has 0 saturated heterocycles. The molecule has 0 spiro atoms. The maximum Gasteiger partial charge on any atom is 0.316 e. The summed E-state index contributed by atoms with van der Waals surface area (Å²) in [5.74, 6) is 1.10. The maximum atomic E-state index is 11.2. The van der Waals surface area contributed by atoms with Crippen molar-refractivity contribution in [3.63, 3.8) is 0 Å². The molecule has 0 amide bonds. The van der Waals surface area contributed by atoms with Crippen molar-refractivity contribution in [3.05, 3.63) is 6.33 Å². The Morgan fingerprint density at radius 1 is 1.38 bits per heavy atom. The lowest BCUT2D eigenvalue weighted by molar-refractivity contribution is -0.137. The molecular formula is C13H20N8O2S. The van der Waals surface area contributed by atoms with Crippen LogP contribution in [0.15, 0.2) is 11.5 Å². The van der Waals surface area contributed by atoms with E-state index in [1.165, 1.54) is 29.9 Å². The predicted octanol–water partition coefficient (Wildman–Crippen LogP) is 0.604. The molecule has 2 rings (SSSR count). The van der Waals surface area contributed by atoms with Crippen molar-refractivity contribution in [3.8, 4) is 5.95 Å². The summed E-state index contributed by atoms with van der Waals surface area (Å²) >= 11 is 1.18. The molecule has 2 aromatic rings. The summed E-state index contributed by atoms with van der Waals surface area (Å²) in [6.07, 6.45) is 1.49. The van der Waals surface area contributed by atoms with Gasteiger partial charge < -0.3 is 15.0 Å². The van der Waals surface area contributed by atoms with E-state index >= 15 is 0 Å². The van der Waals surface area contributed by atoms with Crippen molar-refractivity contribution < 1.29 is 9.53 Å². The topological polar surface area (TPSA) is 111 Å². The number of carbonyl (C=O) groups is 1. The van der Waals surface area contributed by atoms with Gasteiger partial charge in [-0.2, -0.15) is 19.6 Å². The lowest BCUT2D eigenvalue weighted by Gasteiger charge is -2.14. The lowest BCUT2D eigenvalue weighted by atomic mass is 10.4. The molecule has 0 aromatic carbocycles. The normalized spacial score (nSPS) is 10.8. The van der Waals surface area contributed by atoms with Crippen molar-refractivity contribution in [2.75, 3.05) is 37.2 Å². The highest BCUT2D eigenvalue weighted by Gasteiger charge is 2.13. The summed E-state index contributed by atoms with van der Waals surface area (Å²) in [7, 11) is 5.03. The molecule has 130 valence electrons. The molecule has 0 bridgehead atoms. The Labute approximate surface area is 144 Å². The van der Waals surface area contributed by atoms with E-state index in [-0.39, 0.29) is 17.8 Å². The zero-order valence-electron chi connectivity index (χ0n) is 14.2. The fourth-order valence-electron chi connectivity index (χ4n) is 1.57. The first kappa shape index (κ1) is 17.9. The largest absolute Gasteiger partial charge is 0.468 e. The average molecular weight is 352 g/mol. The third kappa shape index (κ3) is 4.78. The Bertz CT molecular complexity index is 703. The molecule has 2 aromatic heterocycles. The number of hydrogen-bond donors (Lipinski definition) is 1. The van der Waals surface area contributed by atoms with Crippen LogP contribution in [0.3, 0.4) is 0 Å². The van der Waals surface area contributed by atoms with Gasteiger partial charge in [-0.1, -0.05) is 11.8 Å². The molecule has 11 heteroatoms. The van der Waals surface area contributed by atoms with Crippen LogP contribution in [0.2, 0.25) is 0 Å². The second-order valence-electron chi connectivity index (χ2n) is 5.29. The standard InChI is InChI=1S/C13H20N8O2S/c1-8(2)15-10-16-11(20(3)4)18-12(17-10)21-7-14-13(19-21)24-6-9(22)23-5/h7-8H,6H2,1-5H3,(H,15,16,17,18). The first-order chi connectivity index (χ1) is 11.4. The third-order valence-electron chi connectivity index (χ3n) is 2.65. The number of rotatable bonds is 7. The smallest absolute Gasteiger partial charge is 0.316 e. The summed E-state index contributed by atoms with van der Waals surface area (Å²) in [4.78, 5) is 30.1. The Kier molecular flexibility index (Phi) is 5.90. The van der Waals surface area contributed by atoms with E-state index in [2.05, 4.69) is 35.1 Å². The third-order valence-corrected chi connectivity index (χ3v) is 3.48. The number of nitrogens with one attached hydrogen (secondary N) is 1. The van der Waals surface area contributed by atoms with Crippen molar-refractivity contribution in [2.24, 2.45) is 0 Å². The van der Waals surface area contributed by atoms with E-state index in [1.54, 1.807) is 4.90 Å². The van der Waals surface area contributed by atoms with Crippen molar-refractivity contribution in [1.29, 1.82) is 0 Å². The van der Waals surface area contributed by atoms with E-state index in [9.17, 15) is 4.79 Å². The van der Waals surface area contributed by atoms with Gasteiger partial charge in [0.1, 0.15) is 6.33 Å². The Morgan fingerprint density at radius 2 is 2.12 bits per heavy atom. The van der Waals surface area contributed by atoms with Crippen molar-refractivity contribution in [2.45, 2.75) is 25.0 Å². The molecule has 24 heavy (non-hydrogen) atoms. The quantitative estimate of drug-likeness (QED) is 0.562. The lowest BCUT2D eigenvalue weighted by Crippen LogP contribution is -2.19. The van der Waals surface area contributed by atoms with Gasteiger partial charge >= 0.3 is 5.97 Å². The number of aromatic nitrogens is 6. The molecule has 2 heterocycles. The Balaban J connectivity index is 2.25. The predicted molar refractivity (Wildman–Crippen MR) is 90.6 cm³/mol. The molecule has 1 N–H and O–H groups in total. The van der Waals surface area contributed by atoms with Crippen molar-refractivity contribution in [1.82, 2.24) is 29.7 Å². The van der Waals surface area contributed by atoms with Crippen LogP contribution in [0.4, 0.5) is 11.9 Å². The zero-order valence-corrected chi connectivity index (χ0v) is 15.0. The molecule has 0 aliphatic heterocycles. The molecule has 0 unspecified atom stereocenters. The van der Waals surface area contributed by atoms with Gasteiger partial charge in [-0.25, -0.2) is 4.98 Å². The SMILES string of the molecule is COC(=O)CSc1ncn(-c2nc(NC(C)C)nc(N(C)C)n2)n1. The first-order valence-corrected chi connectivity index (χ1v) is 8.19. The monoisotopic (exact) mass is 352 g/mol. The summed E-state index contributed by atoms with van der Waals surface area (Å²) < 4.78 is 6.03. The number of carbonyl (C=O) groups excluding carboxylic acids is 1. The second kappa shape index (κ2) is 7.90.